The Morgan fingerprint density at radius 3 is 2.59 bits per heavy atom. The van der Waals surface area contributed by atoms with Crippen LogP contribution in [0.1, 0.15) is 45.6 Å². The number of halogens is 1. The van der Waals surface area contributed by atoms with Gasteiger partial charge in [0.05, 0.1) is 40.8 Å². The van der Waals surface area contributed by atoms with Gasteiger partial charge in [-0.05, 0) is 50.7 Å². The van der Waals surface area contributed by atoms with Crippen LogP contribution in [0.3, 0.4) is 0 Å². The summed E-state index contributed by atoms with van der Waals surface area (Å²) in [6.07, 6.45) is 1.55. The third-order valence-electron chi connectivity index (χ3n) is 7.81. The van der Waals surface area contributed by atoms with Crippen LogP contribution < -0.4 is 10.6 Å². The summed E-state index contributed by atoms with van der Waals surface area (Å²) in [5.74, 6) is -2.32. The summed E-state index contributed by atoms with van der Waals surface area (Å²) in [5, 5.41) is 16.3. The first-order valence-electron chi connectivity index (χ1n) is 11.9. The Hall–Kier alpha value is -2.16. The van der Waals surface area contributed by atoms with Gasteiger partial charge in [0.2, 0.25) is 17.7 Å². The number of aryl methyl sites for hydroxylation is 1. The van der Waals surface area contributed by atoms with E-state index in [1.807, 2.05) is 33.8 Å². The number of nitrogens with zero attached hydrogens (tertiary/aromatic N) is 1. The van der Waals surface area contributed by atoms with Gasteiger partial charge in [-0.3, -0.25) is 14.4 Å². The molecular weight excluding hydrogens is 458 g/mol. The molecule has 2 unspecified atom stereocenters. The number of amides is 3. The Morgan fingerprint density at radius 2 is 2.00 bits per heavy atom. The Morgan fingerprint density at radius 1 is 1.29 bits per heavy atom. The van der Waals surface area contributed by atoms with Crippen molar-refractivity contribution in [2.75, 3.05) is 19.0 Å². The van der Waals surface area contributed by atoms with Gasteiger partial charge in [0.1, 0.15) is 11.6 Å². The topological polar surface area (TPSA) is 108 Å². The normalized spacial score (nSPS) is 32.8. The molecule has 3 saturated heterocycles. The van der Waals surface area contributed by atoms with Crippen molar-refractivity contribution < 1.29 is 24.2 Å². The van der Waals surface area contributed by atoms with E-state index in [4.69, 9.17) is 16.3 Å². The molecule has 0 saturated carbocycles. The summed E-state index contributed by atoms with van der Waals surface area (Å²) < 4.78 is 6.54. The fourth-order valence-corrected chi connectivity index (χ4v) is 6.68. The van der Waals surface area contributed by atoms with Crippen molar-refractivity contribution in [1.82, 2.24) is 10.2 Å². The van der Waals surface area contributed by atoms with Gasteiger partial charge in [-0.25, -0.2) is 0 Å². The molecule has 186 valence electrons. The van der Waals surface area contributed by atoms with Crippen LogP contribution in [-0.4, -0.2) is 64.7 Å². The van der Waals surface area contributed by atoms with Crippen molar-refractivity contribution in [1.29, 1.82) is 0 Å². The number of carbonyl (C=O) groups excluding carboxylic acids is 3. The lowest BCUT2D eigenvalue weighted by Gasteiger charge is -2.37. The summed E-state index contributed by atoms with van der Waals surface area (Å²) in [5.41, 5.74) is -0.712. The van der Waals surface area contributed by atoms with E-state index in [0.717, 1.165) is 5.56 Å². The highest BCUT2D eigenvalue weighted by molar-refractivity contribution is 6.34. The number of ether oxygens (including phenoxy) is 1. The number of rotatable bonds is 7. The van der Waals surface area contributed by atoms with E-state index in [2.05, 4.69) is 10.6 Å². The van der Waals surface area contributed by atoms with Crippen molar-refractivity contribution in [3.63, 3.8) is 0 Å². The number of anilines is 1. The number of fused-ring (bicyclic) bond motifs is 1. The van der Waals surface area contributed by atoms with E-state index in [9.17, 15) is 19.5 Å². The van der Waals surface area contributed by atoms with Crippen LogP contribution in [0.25, 0.3) is 0 Å². The van der Waals surface area contributed by atoms with Crippen molar-refractivity contribution in [2.24, 2.45) is 17.8 Å². The van der Waals surface area contributed by atoms with Gasteiger partial charge in [0.15, 0.2) is 0 Å². The smallest absolute Gasteiger partial charge is 0.250 e. The average Bonchev–Trinajstić information content (AvgIpc) is 3.34. The highest BCUT2D eigenvalue weighted by Crippen LogP contribution is 2.63. The molecule has 3 aliphatic heterocycles. The zero-order chi connectivity index (χ0) is 25.0. The Kier molecular flexibility index (Phi) is 6.46. The number of benzene rings is 1. The summed E-state index contributed by atoms with van der Waals surface area (Å²) in [6, 6.07) is 3.77. The Labute approximate surface area is 205 Å². The number of aliphatic hydroxyl groups is 1. The first-order chi connectivity index (χ1) is 16.0. The SMILES string of the molecule is CNC(=O)[C@H]1[C@H]2C(=O)N([C@@H](CO)CC(C)C)C(C(=O)Nc3c(C)cccc3Cl)C23CC[C@]1(C)O3. The molecule has 3 N–H and O–H groups in total. The van der Waals surface area contributed by atoms with E-state index in [1.54, 1.807) is 19.2 Å². The maximum absolute atomic E-state index is 14.0. The van der Waals surface area contributed by atoms with Crippen LogP contribution in [0.2, 0.25) is 5.02 Å². The minimum absolute atomic E-state index is 0.182. The van der Waals surface area contributed by atoms with Gasteiger partial charge in [-0.15, -0.1) is 0 Å². The fourth-order valence-electron chi connectivity index (χ4n) is 6.42. The Bertz CT molecular complexity index is 996. The molecule has 1 aromatic rings. The number of nitrogens with one attached hydrogen (secondary N) is 2. The van der Waals surface area contributed by atoms with E-state index in [0.29, 0.717) is 30.0 Å². The summed E-state index contributed by atoms with van der Waals surface area (Å²) in [6.45, 7) is 7.41. The number of aliphatic hydroxyl groups excluding tert-OH is 1. The van der Waals surface area contributed by atoms with Gasteiger partial charge in [0.25, 0.3) is 0 Å². The molecule has 34 heavy (non-hydrogen) atoms. The molecule has 4 rings (SSSR count). The van der Waals surface area contributed by atoms with Crippen LogP contribution in [0, 0.1) is 24.7 Å². The molecule has 3 fully saturated rings. The lowest BCUT2D eigenvalue weighted by molar-refractivity contribution is -0.148. The van der Waals surface area contributed by atoms with Crippen LogP contribution in [-0.2, 0) is 19.1 Å². The zero-order valence-corrected chi connectivity index (χ0v) is 21.1. The van der Waals surface area contributed by atoms with Crippen LogP contribution in [0.4, 0.5) is 5.69 Å². The van der Waals surface area contributed by atoms with Gasteiger partial charge < -0.3 is 25.4 Å². The van der Waals surface area contributed by atoms with Gasteiger partial charge >= 0.3 is 0 Å². The molecule has 9 heteroatoms. The highest BCUT2D eigenvalue weighted by atomic mass is 35.5. The molecule has 1 spiro atoms. The molecule has 3 amide bonds. The first-order valence-corrected chi connectivity index (χ1v) is 12.3. The summed E-state index contributed by atoms with van der Waals surface area (Å²) in [4.78, 5) is 42.3. The second-order valence-electron chi connectivity index (χ2n) is 10.5. The second-order valence-corrected chi connectivity index (χ2v) is 10.9. The lowest BCUT2D eigenvalue weighted by atomic mass is 9.66. The van der Waals surface area contributed by atoms with E-state index >= 15 is 0 Å². The second kappa shape index (κ2) is 8.81. The van der Waals surface area contributed by atoms with Crippen LogP contribution >= 0.6 is 11.6 Å². The molecule has 0 aliphatic carbocycles. The summed E-state index contributed by atoms with van der Waals surface area (Å²) in [7, 11) is 1.54. The van der Waals surface area contributed by atoms with Crippen molar-refractivity contribution in [3.8, 4) is 0 Å². The van der Waals surface area contributed by atoms with Gasteiger partial charge in [-0.1, -0.05) is 37.6 Å². The van der Waals surface area contributed by atoms with Crippen molar-refractivity contribution >= 4 is 35.0 Å². The molecule has 2 bridgehead atoms. The highest BCUT2D eigenvalue weighted by Gasteiger charge is 2.78. The molecule has 3 heterocycles. The van der Waals surface area contributed by atoms with Crippen molar-refractivity contribution in [3.05, 3.63) is 28.8 Å². The van der Waals surface area contributed by atoms with Crippen molar-refractivity contribution in [2.45, 2.75) is 70.2 Å². The number of hydrogen-bond donors (Lipinski definition) is 3. The lowest BCUT2D eigenvalue weighted by Crippen LogP contribution is -2.56. The number of carbonyl (C=O) groups is 3. The summed E-state index contributed by atoms with van der Waals surface area (Å²) >= 11 is 6.38. The number of hydrogen-bond acceptors (Lipinski definition) is 5. The molecule has 0 radical (unpaired) electrons. The number of para-hydroxylation sites is 1. The number of likely N-dealkylation sites (tertiary alicyclic amines) is 1. The Balaban J connectivity index is 1.81. The molecule has 0 aromatic heterocycles. The quantitative estimate of drug-likeness (QED) is 0.543. The average molecular weight is 492 g/mol. The van der Waals surface area contributed by atoms with Crippen LogP contribution in [0.5, 0.6) is 0 Å². The monoisotopic (exact) mass is 491 g/mol. The molecule has 1 aromatic carbocycles. The molecular formula is C25H34ClN3O5. The minimum Gasteiger partial charge on any atom is -0.394 e. The molecule has 8 nitrogen and oxygen atoms in total. The predicted octanol–water partition coefficient (Wildman–Crippen LogP) is 2.50. The van der Waals surface area contributed by atoms with E-state index in [-0.39, 0.29) is 24.3 Å². The van der Waals surface area contributed by atoms with Gasteiger partial charge in [-0.2, -0.15) is 0 Å². The first kappa shape index (κ1) is 24.9. The predicted molar refractivity (Wildman–Crippen MR) is 128 cm³/mol. The third kappa shape index (κ3) is 3.62. The van der Waals surface area contributed by atoms with E-state index < -0.39 is 41.0 Å². The maximum Gasteiger partial charge on any atom is 0.250 e. The van der Waals surface area contributed by atoms with Crippen LogP contribution in [0.15, 0.2) is 18.2 Å². The van der Waals surface area contributed by atoms with Gasteiger partial charge in [0, 0.05) is 7.05 Å². The standard InChI is InChI=1S/C25H34ClN3O5/c1-13(2)11-15(12-30)29-20(22(32)28-19-14(3)7-6-8-16(19)26)25-10-9-24(4,34-25)17(21(31)27-5)18(25)23(29)33/h6-8,13,15,17-18,20,30H,9-12H2,1-5H3,(H,27,31)(H,28,32)/t15-,17-,18+,20?,24+,25?/m1/s1. The van der Waals surface area contributed by atoms with E-state index in [1.165, 1.54) is 4.90 Å². The third-order valence-corrected chi connectivity index (χ3v) is 8.12. The minimum atomic E-state index is -1.15. The zero-order valence-electron chi connectivity index (χ0n) is 20.4. The largest absolute Gasteiger partial charge is 0.394 e. The molecule has 6 atom stereocenters. The maximum atomic E-state index is 14.0. The fraction of sp³-hybridized carbons (Fsp3) is 0.640. The molecule has 3 aliphatic rings.